The van der Waals surface area contributed by atoms with E-state index in [4.69, 9.17) is 10.5 Å². The van der Waals surface area contributed by atoms with E-state index in [0.29, 0.717) is 17.6 Å². The van der Waals surface area contributed by atoms with Crippen LogP contribution >= 0.6 is 0 Å². The van der Waals surface area contributed by atoms with Gasteiger partial charge in [-0.25, -0.2) is 18.4 Å². The minimum absolute atomic E-state index is 0.0565. The molecule has 0 spiro atoms. The summed E-state index contributed by atoms with van der Waals surface area (Å²) in [4.78, 5) is 9.31. The average Bonchev–Trinajstić information content (AvgIpc) is 3.13. The highest BCUT2D eigenvalue weighted by molar-refractivity contribution is 7.92. The van der Waals surface area contributed by atoms with Crippen LogP contribution in [-0.4, -0.2) is 35.9 Å². The molecule has 3 aromatic carbocycles. The highest BCUT2D eigenvalue weighted by Crippen LogP contribution is 2.35. The van der Waals surface area contributed by atoms with Crippen LogP contribution in [0.2, 0.25) is 0 Å². The van der Waals surface area contributed by atoms with Gasteiger partial charge in [0, 0.05) is 0 Å². The molecule has 2 aromatic heterocycles. The van der Waals surface area contributed by atoms with Gasteiger partial charge in [-0.1, -0.05) is 24.3 Å². The zero-order chi connectivity index (χ0) is 24.6. The topological polar surface area (TPSA) is 112 Å². The fraction of sp³-hybridized carbons (Fsp3) is 0.115. The number of para-hydroxylation sites is 2. The number of anilines is 1. The van der Waals surface area contributed by atoms with Crippen molar-refractivity contribution in [3.8, 4) is 5.75 Å². The van der Waals surface area contributed by atoms with Crippen LogP contribution < -0.4 is 10.5 Å². The first-order chi connectivity index (χ1) is 16.9. The van der Waals surface area contributed by atoms with E-state index >= 15 is 0 Å². The van der Waals surface area contributed by atoms with Crippen LogP contribution in [0.3, 0.4) is 0 Å². The molecule has 2 N–H and O–H groups in total. The van der Waals surface area contributed by atoms with E-state index in [1.807, 2.05) is 56.3 Å². The third kappa shape index (κ3) is 4.10. The SMILES string of the molecule is CCOc1ccc(/C=N/n2c(N)c(S(=O)(=O)c3cccc(C)c3)c3nc4ccccc4nc32)cc1. The molecule has 8 nitrogen and oxygen atoms in total. The Hall–Kier alpha value is -4.24. The zero-order valence-corrected chi connectivity index (χ0v) is 20.0. The van der Waals surface area contributed by atoms with Crippen molar-refractivity contribution in [1.82, 2.24) is 14.6 Å². The van der Waals surface area contributed by atoms with Gasteiger partial charge in [-0.3, -0.25) is 0 Å². The Morgan fingerprint density at radius 2 is 1.71 bits per heavy atom. The van der Waals surface area contributed by atoms with Crippen LogP contribution in [0.1, 0.15) is 18.1 Å². The first kappa shape index (κ1) is 22.5. The van der Waals surface area contributed by atoms with Gasteiger partial charge < -0.3 is 10.5 Å². The Balaban J connectivity index is 1.72. The van der Waals surface area contributed by atoms with Crippen LogP contribution in [0, 0.1) is 6.92 Å². The molecule has 2 heterocycles. The molecule has 0 radical (unpaired) electrons. The molecule has 0 unspecified atom stereocenters. The van der Waals surface area contributed by atoms with Crippen molar-refractivity contribution >= 4 is 44.1 Å². The normalized spacial score (nSPS) is 12.1. The van der Waals surface area contributed by atoms with Crippen molar-refractivity contribution in [2.24, 2.45) is 5.10 Å². The summed E-state index contributed by atoms with van der Waals surface area (Å²) in [7, 11) is -4.00. The maximum Gasteiger partial charge on any atom is 0.212 e. The van der Waals surface area contributed by atoms with Crippen molar-refractivity contribution in [1.29, 1.82) is 0 Å². The Bertz CT molecular complexity index is 1690. The number of nitrogen functional groups attached to an aromatic ring is 1. The lowest BCUT2D eigenvalue weighted by molar-refractivity contribution is 0.340. The van der Waals surface area contributed by atoms with Crippen LogP contribution in [0.4, 0.5) is 5.82 Å². The highest BCUT2D eigenvalue weighted by Gasteiger charge is 2.30. The smallest absolute Gasteiger partial charge is 0.212 e. The Kier molecular flexibility index (Phi) is 5.70. The molecule has 0 saturated carbocycles. The quantitative estimate of drug-likeness (QED) is 0.352. The van der Waals surface area contributed by atoms with Crippen LogP contribution in [0.5, 0.6) is 5.75 Å². The fourth-order valence-electron chi connectivity index (χ4n) is 3.85. The van der Waals surface area contributed by atoms with E-state index in [1.165, 1.54) is 4.68 Å². The molecular formula is C26H23N5O3S. The summed E-state index contributed by atoms with van der Waals surface area (Å²) in [6.45, 7) is 4.33. The molecule has 9 heteroatoms. The molecule has 0 atom stereocenters. The predicted octanol–water partition coefficient (Wildman–Crippen LogP) is 4.59. The number of nitrogens with two attached hydrogens (primary N) is 1. The maximum absolute atomic E-state index is 13.7. The number of aromatic nitrogens is 3. The summed E-state index contributed by atoms with van der Waals surface area (Å²) in [5, 5.41) is 4.49. The highest BCUT2D eigenvalue weighted by atomic mass is 32.2. The van der Waals surface area contributed by atoms with E-state index in [-0.39, 0.29) is 26.8 Å². The molecular weight excluding hydrogens is 462 g/mol. The Labute approximate surface area is 202 Å². The van der Waals surface area contributed by atoms with E-state index < -0.39 is 9.84 Å². The molecule has 0 fully saturated rings. The summed E-state index contributed by atoms with van der Waals surface area (Å²) in [5.41, 5.74) is 9.64. The average molecular weight is 486 g/mol. The maximum atomic E-state index is 13.7. The zero-order valence-electron chi connectivity index (χ0n) is 19.2. The summed E-state index contributed by atoms with van der Waals surface area (Å²) in [6.07, 6.45) is 1.59. The first-order valence-corrected chi connectivity index (χ1v) is 12.5. The second-order valence-corrected chi connectivity index (χ2v) is 9.86. The third-order valence-corrected chi connectivity index (χ3v) is 7.33. The summed E-state index contributed by atoms with van der Waals surface area (Å²) in [5.74, 6) is 0.693. The molecule has 0 aliphatic rings. The van der Waals surface area contributed by atoms with Crippen LogP contribution in [0.25, 0.3) is 22.2 Å². The van der Waals surface area contributed by atoms with Gasteiger partial charge in [-0.05, 0) is 73.5 Å². The molecule has 0 aliphatic carbocycles. The molecule has 0 saturated heterocycles. The summed E-state index contributed by atoms with van der Waals surface area (Å²) >= 11 is 0. The number of aryl methyl sites for hydroxylation is 1. The number of rotatable bonds is 6. The molecule has 35 heavy (non-hydrogen) atoms. The van der Waals surface area contributed by atoms with Gasteiger partial charge in [0.1, 0.15) is 22.0 Å². The summed E-state index contributed by atoms with van der Waals surface area (Å²) in [6, 6.07) is 21.3. The van der Waals surface area contributed by atoms with Crippen molar-refractivity contribution < 1.29 is 13.2 Å². The number of ether oxygens (including phenoxy) is 1. The monoisotopic (exact) mass is 485 g/mol. The molecule has 176 valence electrons. The number of hydrogen-bond acceptors (Lipinski definition) is 7. The van der Waals surface area contributed by atoms with Gasteiger partial charge in [-0.15, -0.1) is 0 Å². The predicted molar refractivity (Wildman–Crippen MR) is 137 cm³/mol. The van der Waals surface area contributed by atoms with Gasteiger partial charge in [0.05, 0.1) is 28.8 Å². The van der Waals surface area contributed by atoms with Gasteiger partial charge in [-0.2, -0.15) is 9.78 Å². The minimum atomic E-state index is -4.00. The lowest BCUT2D eigenvalue weighted by atomic mass is 10.2. The molecule has 0 amide bonds. The second kappa shape index (κ2) is 8.84. The van der Waals surface area contributed by atoms with Gasteiger partial charge in [0.15, 0.2) is 5.65 Å². The lowest BCUT2D eigenvalue weighted by Crippen LogP contribution is -2.07. The van der Waals surface area contributed by atoms with Crippen LogP contribution in [0.15, 0.2) is 87.7 Å². The first-order valence-electron chi connectivity index (χ1n) is 11.0. The van der Waals surface area contributed by atoms with E-state index in [0.717, 1.165) is 16.9 Å². The number of nitrogens with zero attached hydrogens (tertiary/aromatic N) is 4. The number of fused-ring (bicyclic) bond motifs is 2. The summed E-state index contributed by atoms with van der Waals surface area (Å²) < 4.78 is 34.2. The minimum Gasteiger partial charge on any atom is -0.494 e. The standard InChI is InChI=1S/C26H23N5O3S/c1-3-34-19-13-11-18(12-14-19)16-28-31-25(27)24(35(32,33)20-8-6-7-17(2)15-20)23-26(31)30-22-10-5-4-9-21(22)29-23/h4-16H,3,27H2,1-2H3/b28-16+. The van der Waals surface area contributed by atoms with Gasteiger partial charge >= 0.3 is 0 Å². The van der Waals surface area contributed by atoms with Crippen molar-refractivity contribution in [3.63, 3.8) is 0 Å². The second-order valence-electron chi connectivity index (χ2n) is 7.98. The number of hydrogen-bond donors (Lipinski definition) is 1. The lowest BCUT2D eigenvalue weighted by Gasteiger charge is -2.06. The molecule has 0 aliphatic heterocycles. The number of sulfone groups is 1. The molecule has 0 bridgehead atoms. The Morgan fingerprint density at radius 3 is 2.40 bits per heavy atom. The third-order valence-electron chi connectivity index (χ3n) is 5.51. The molecule has 5 rings (SSSR count). The van der Waals surface area contributed by atoms with Gasteiger partial charge in [0.2, 0.25) is 9.84 Å². The fourth-order valence-corrected chi connectivity index (χ4v) is 5.43. The molecule has 5 aromatic rings. The van der Waals surface area contributed by atoms with E-state index in [9.17, 15) is 8.42 Å². The largest absolute Gasteiger partial charge is 0.494 e. The Morgan fingerprint density at radius 1 is 1.00 bits per heavy atom. The van der Waals surface area contributed by atoms with Crippen molar-refractivity contribution in [2.45, 2.75) is 23.6 Å². The van der Waals surface area contributed by atoms with E-state index in [2.05, 4.69) is 15.1 Å². The van der Waals surface area contributed by atoms with Crippen LogP contribution in [-0.2, 0) is 9.84 Å². The number of benzene rings is 3. The van der Waals surface area contributed by atoms with Gasteiger partial charge in [0.25, 0.3) is 0 Å². The van der Waals surface area contributed by atoms with Crippen molar-refractivity contribution in [2.75, 3.05) is 12.3 Å². The van der Waals surface area contributed by atoms with Crippen molar-refractivity contribution in [3.05, 3.63) is 83.9 Å². The van der Waals surface area contributed by atoms with E-state index in [1.54, 1.807) is 36.5 Å².